The maximum absolute atomic E-state index is 11.6. The Balaban J connectivity index is 1.63. The van der Waals surface area contributed by atoms with Crippen molar-refractivity contribution in [3.63, 3.8) is 0 Å². The quantitative estimate of drug-likeness (QED) is 0.628. The van der Waals surface area contributed by atoms with E-state index in [9.17, 15) is 13.2 Å². The van der Waals surface area contributed by atoms with Crippen LogP contribution in [-0.2, 0) is 14.6 Å². The van der Waals surface area contributed by atoms with Crippen LogP contribution in [0.2, 0.25) is 0 Å². The zero-order valence-electron chi connectivity index (χ0n) is 9.24. The second kappa shape index (κ2) is 4.71. The molecule has 1 amide bonds. The normalized spacial score (nSPS) is 27.9. The molecule has 1 saturated carbocycles. The van der Waals surface area contributed by atoms with Gasteiger partial charge in [-0.3, -0.25) is 4.79 Å². The van der Waals surface area contributed by atoms with Crippen molar-refractivity contribution in [2.45, 2.75) is 25.3 Å². The van der Waals surface area contributed by atoms with Crippen molar-refractivity contribution in [2.75, 3.05) is 24.6 Å². The van der Waals surface area contributed by atoms with Crippen LogP contribution in [-0.4, -0.2) is 45.0 Å². The Morgan fingerprint density at radius 3 is 2.50 bits per heavy atom. The van der Waals surface area contributed by atoms with Gasteiger partial charge >= 0.3 is 0 Å². The fourth-order valence-corrected chi connectivity index (χ4v) is 3.64. The summed E-state index contributed by atoms with van der Waals surface area (Å²) in [5.74, 6) is -0.259. The van der Waals surface area contributed by atoms with E-state index in [0.29, 0.717) is 19.0 Å². The Morgan fingerprint density at radius 1 is 1.19 bits per heavy atom. The van der Waals surface area contributed by atoms with Crippen LogP contribution in [0.4, 0.5) is 0 Å². The number of carbonyl (C=O) groups is 1. The summed E-state index contributed by atoms with van der Waals surface area (Å²) in [7, 11) is -2.95. The fourth-order valence-electron chi connectivity index (χ4n) is 1.90. The highest BCUT2D eigenvalue weighted by atomic mass is 32.2. The fraction of sp³-hybridized carbons (Fsp3) is 0.900. The number of amides is 1. The second-order valence-corrected chi connectivity index (χ2v) is 6.85. The zero-order chi connectivity index (χ0) is 11.6. The molecule has 0 spiro atoms. The Hall–Kier alpha value is -0.620. The maximum atomic E-state index is 11.6. The van der Waals surface area contributed by atoms with Gasteiger partial charge in [-0.25, -0.2) is 8.42 Å². The topological polar surface area (TPSA) is 75.3 Å². The van der Waals surface area contributed by atoms with E-state index in [0.717, 1.165) is 6.54 Å². The molecule has 0 aromatic heterocycles. The van der Waals surface area contributed by atoms with E-state index in [1.807, 2.05) is 0 Å². The minimum absolute atomic E-state index is 0.0227. The molecule has 2 aliphatic rings. The molecule has 0 radical (unpaired) electrons. The Kier molecular flexibility index (Phi) is 3.49. The maximum Gasteiger partial charge on any atom is 0.224 e. The van der Waals surface area contributed by atoms with Crippen molar-refractivity contribution in [1.29, 1.82) is 0 Å². The molecule has 0 bridgehead atoms. The Bertz CT molecular complexity index is 362. The lowest BCUT2D eigenvalue weighted by molar-refractivity contribution is -0.124. The van der Waals surface area contributed by atoms with Crippen molar-refractivity contribution in [2.24, 2.45) is 5.92 Å². The molecule has 1 heterocycles. The molecule has 1 aliphatic heterocycles. The van der Waals surface area contributed by atoms with Gasteiger partial charge in [-0.15, -0.1) is 0 Å². The lowest BCUT2D eigenvalue weighted by Crippen LogP contribution is -2.36. The molecule has 1 saturated heterocycles. The predicted molar refractivity (Wildman–Crippen MR) is 60.8 cm³/mol. The van der Waals surface area contributed by atoms with Crippen molar-refractivity contribution < 1.29 is 13.2 Å². The molecule has 92 valence electrons. The highest BCUT2D eigenvalue weighted by Gasteiger charge is 2.32. The summed E-state index contributed by atoms with van der Waals surface area (Å²) >= 11 is 0. The van der Waals surface area contributed by atoms with Gasteiger partial charge < -0.3 is 10.6 Å². The number of rotatable bonds is 5. The first-order valence-electron chi connectivity index (χ1n) is 5.78. The SMILES string of the molecule is O=C(NCCNC1CC1)C1CCS(=O)(=O)C1. The van der Waals surface area contributed by atoms with Crippen molar-refractivity contribution >= 4 is 15.7 Å². The van der Waals surface area contributed by atoms with Gasteiger partial charge in [0.1, 0.15) is 0 Å². The molecule has 2 fully saturated rings. The van der Waals surface area contributed by atoms with E-state index >= 15 is 0 Å². The van der Waals surface area contributed by atoms with Crippen LogP contribution < -0.4 is 10.6 Å². The van der Waals surface area contributed by atoms with Gasteiger partial charge in [0, 0.05) is 19.1 Å². The molecular weight excluding hydrogens is 228 g/mol. The molecule has 1 aliphatic carbocycles. The van der Waals surface area contributed by atoms with Gasteiger partial charge in [0.15, 0.2) is 9.84 Å². The molecule has 2 rings (SSSR count). The summed E-state index contributed by atoms with van der Waals surface area (Å²) in [5.41, 5.74) is 0. The van der Waals surface area contributed by atoms with Crippen LogP contribution in [0.1, 0.15) is 19.3 Å². The van der Waals surface area contributed by atoms with Crippen molar-refractivity contribution in [3.05, 3.63) is 0 Å². The Labute approximate surface area is 95.9 Å². The largest absolute Gasteiger partial charge is 0.355 e. The monoisotopic (exact) mass is 246 g/mol. The number of hydrogen-bond donors (Lipinski definition) is 2. The predicted octanol–water partition coefficient (Wildman–Crippen LogP) is -0.711. The van der Waals surface area contributed by atoms with Gasteiger partial charge in [0.2, 0.25) is 5.91 Å². The first-order valence-corrected chi connectivity index (χ1v) is 7.60. The zero-order valence-corrected chi connectivity index (χ0v) is 10.1. The molecule has 1 unspecified atom stereocenters. The van der Waals surface area contributed by atoms with E-state index in [-0.39, 0.29) is 23.3 Å². The van der Waals surface area contributed by atoms with Crippen molar-refractivity contribution in [1.82, 2.24) is 10.6 Å². The molecule has 1 atom stereocenters. The average Bonchev–Trinajstić information content (AvgIpc) is 2.97. The summed E-state index contributed by atoms with van der Waals surface area (Å²) < 4.78 is 22.4. The van der Waals surface area contributed by atoms with E-state index in [2.05, 4.69) is 10.6 Å². The van der Waals surface area contributed by atoms with Crippen LogP contribution in [0.5, 0.6) is 0 Å². The van der Waals surface area contributed by atoms with Crippen molar-refractivity contribution in [3.8, 4) is 0 Å². The molecule has 0 aromatic rings. The van der Waals surface area contributed by atoms with E-state index in [1.165, 1.54) is 12.8 Å². The van der Waals surface area contributed by atoms with Crippen LogP contribution in [0.15, 0.2) is 0 Å². The van der Waals surface area contributed by atoms with Gasteiger partial charge in [-0.05, 0) is 19.3 Å². The van der Waals surface area contributed by atoms with Crippen LogP contribution in [0.25, 0.3) is 0 Å². The number of nitrogens with one attached hydrogen (secondary N) is 2. The minimum atomic E-state index is -2.95. The van der Waals surface area contributed by atoms with Crippen LogP contribution >= 0.6 is 0 Å². The van der Waals surface area contributed by atoms with Gasteiger partial charge in [0.25, 0.3) is 0 Å². The summed E-state index contributed by atoms with van der Waals surface area (Å²) in [5, 5.41) is 6.07. The summed E-state index contributed by atoms with van der Waals surface area (Å²) in [6.07, 6.45) is 2.94. The molecule has 2 N–H and O–H groups in total. The van der Waals surface area contributed by atoms with Gasteiger partial charge in [-0.2, -0.15) is 0 Å². The molecule has 5 nitrogen and oxygen atoms in total. The summed E-state index contributed by atoms with van der Waals surface area (Å²) in [6.45, 7) is 1.36. The average molecular weight is 246 g/mol. The van der Waals surface area contributed by atoms with E-state index in [4.69, 9.17) is 0 Å². The summed E-state index contributed by atoms with van der Waals surface area (Å²) in [6, 6.07) is 0.642. The second-order valence-electron chi connectivity index (χ2n) is 4.62. The number of hydrogen-bond acceptors (Lipinski definition) is 4. The van der Waals surface area contributed by atoms with Crippen LogP contribution in [0, 0.1) is 5.92 Å². The third-order valence-electron chi connectivity index (χ3n) is 3.04. The molecule has 16 heavy (non-hydrogen) atoms. The smallest absolute Gasteiger partial charge is 0.224 e. The lowest BCUT2D eigenvalue weighted by atomic mass is 10.1. The third kappa shape index (κ3) is 3.45. The first kappa shape index (κ1) is 11.9. The number of carbonyl (C=O) groups excluding carboxylic acids is 1. The minimum Gasteiger partial charge on any atom is -0.355 e. The molecule has 6 heteroatoms. The van der Waals surface area contributed by atoms with E-state index in [1.54, 1.807) is 0 Å². The highest BCUT2D eigenvalue weighted by molar-refractivity contribution is 7.91. The summed E-state index contributed by atoms with van der Waals surface area (Å²) in [4.78, 5) is 11.6. The van der Waals surface area contributed by atoms with Crippen LogP contribution in [0.3, 0.4) is 0 Å². The lowest BCUT2D eigenvalue weighted by Gasteiger charge is -2.09. The number of sulfone groups is 1. The standard InChI is InChI=1S/C10H18N2O3S/c13-10(8-3-6-16(14,15)7-8)12-5-4-11-9-1-2-9/h8-9,11H,1-7H2,(H,12,13). The third-order valence-corrected chi connectivity index (χ3v) is 4.81. The molecule has 0 aromatic carbocycles. The Morgan fingerprint density at radius 2 is 1.94 bits per heavy atom. The van der Waals surface area contributed by atoms with Gasteiger partial charge in [-0.1, -0.05) is 0 Å². The van der Waals surface area contributed by atoms with E-state index < -0.39 is 9.84 Å². The highest BCUT2D eigenvalue weighted by Crippen LogP contribution is 2.19. The van der Waals surface area contributed by atoms with Gasteiger partial charge in [0.05, 0.1) is 17.4 Å². The first-order chi connectivity index (χ1) is 7.57. The molecular formula is C10H18N2O3S.